The summed E-state index contributed by atoms with van der Waals surface area (Å²) in [4.78, 5) is 25.6. The fraction of sp³-hybridized carbons (Fsp3) is 0.529. The van der Waals surface area contributed by atoms with Gasteiger partial charge in [-0.2, -0.15) is 8.42 Å². The zero-order chi connectivity index (χ0) is 22.1. The first-order valence-corrected chi connectivity index (χ1v) is 10.5. The average Bonchev–Trinajstić information content (AvgIpc) is 3.26. The molecule has 0 spiro atoms. The van der Waals surface area contributed by atoms with Crippen molar-refractivity contribution in [2.45, 2.75) is 44.7 Å². The number of ether oxygens (including phenoxy) is 2. The van der Waals surface area contributed by atoms with Crippen molar-refractivity contribution in [3.05, 3.63) is 50.6 Å². The number of nitrogens with one attached hydrogen (secondary N) is 1. The number of hydrogen-bond donors (Lipinski definition) is 1. The summed E-state index contributed by atoms with van der Waals surface area (Å²) in [6.07, 6.45) is 1.13. The van der Waals surface area contributed by atoms with Crippen LogP contribution in [0.4, 0.5) is 0 Å². The molecule has 0 bridgehead atoms. The summed E-state index contributed by atoms with van der Waals surface area (Å²) in [5, 5.41) is 7.18. The molecule has 3 heterocycles. The molecule has 3 rings (SSSR count). The Labute approximate surface area is 172 Å². The van der Waals surface area contributed by atoms with Gasteiger partial charge in [-0.05, 0) is 12.8 Å². The Balaban J connectivity index is 1.80. The van der Waals surface area contributed by atoms with Crippen molar-refractivity contribution in [2.24, 2.45) is 5.92 Å². The molecular formula is C17H23N5O7S. The third-order valence-corrected chi connectivity index (χ3v) is 5.55. The van der Waals surface area contributed by atoms with Gasteiger partial charge in [0, 0.05) is 24.9 Å². The lowest BCUT2D eigenvalue weighted by molar-refractivity contribution is -0.0282. The first kappa shape index (κ1) is 21.9. The Kier molecular flexibility index (Phi) is 6.24. The molecular weight excluding hydrogens is 418 g/mol. The number of aromatic amines is 1. The van der Waals surface area contributed by atoms with Crippen LogP contribution in [-0.4, -0.2) is 52.8 Å². The molecule has 1 unspecified atom stereocenters. The van der Waals surface area contributed by atoms with Gasteiger partial charge in [-0.25, -0.2) is 9.48 Å². The molecule has 0 fully saturated rings. The van der Waals surface area contributed by atoms with Gasteiger partial charge in [0.15, 0.2) is 0 Å². The smallest absolute Gasteiger partial charge is 0.331 e. The molecule has 2 aromatic rings. The number of rotatable bonds is 8. The molecule has 164 valence electrons. The molecule has 2 atom stereocenters. The van der Waals surface area contributed by atoms with Gasteiger partial charge in [0.25, 0.3) is 5.56 Å². The van der Waals surface area contributed by atoms with Gasteiger partial charge >= 0.3 is 15.8 Å². The molecule has 0 amide bonds. The van der Waals surface area contributed by atoms with Crippen LogP contribution in [0.3, 0.4) is 0 Å². The molecule has 0 aromatic carbocycles. The van der Waals surface area contributed by atoms with E-state index in [1.54, 1.807) is 6.92 Å². The van der Waals surface area contributed by atoms with Crippen LogP contribution < -0.4 is 11.2 Å². The minimum absolute atomic E-state index is 0.0354. The highest BCUT2D eigenvalue weighted by atomic mass is 32.2. The molecule has 1 N–H and O–H groups in total. The van der Waals surface area contributed by atoms with Crippen molar-refractivity contribution in [2.75, 3.05) is 13.7 Å². The molecule has 1 aliphatic heterocycles. The fourth-order valence-electron chi connectivity index (χ4n) is 2.86. The highest BCUT2D eigenvalue weighted by Gasteiger charge is 2.37. The topological polar surface area (TPSA) is 147 Å². The zero-order valence-electron chi connectivity index (χ0n) is 16.9. The Bertz CT molecular complexity index is 1160. The lowest BCUT2D eigenvalue weighted by Gasteiger charge is -2.20. The molecule has 0 saturated carbocycles. The minimum atomic E-state index is -4.02. The molecule has 0 saturated heterocycles. The number of aromatic nitrogens is 5. The Morgan fingerprint density at radius 2 is 2.07 bits per heavy atom. The van der Waals surface area contributed by atoms with Crippen molar-refractivity contribution in [1.29, 1.82) is 0 Å². The normalized spacial score (nSPS) is 19.5. The van der Waals surface area contributed by atoms with Crippen LogP contribution in [0.25, 0.3) is 0 Å². The van der Waals surface area contributed by atoms with Gasteiger partial charge in [0.05, 0.1) is 12.8 Å². The summed E-state index contributed by atoms with van der Waals surface area (Å²) < 4.78 is 43.2. The second kappa shape index (κ2) is 8.53. The number of H-pyrrole nitrogens is 1. The maximum Gasteiger partial charge on any atom is 0.331 e. The summed E-state index contributed by atoms with van der Waals surface area (Å²) >= 11 is 0. The van der Waals surface area contributed by atoms with Crippen LogP contribution in [0.15, 0.2) is 44.4 Å². The van der Waals surface area contributed by atoms with Gasteiger partial charge in [-0.15, -0.1) is 5.10 Å². The lowest BCUT2D eigenvalue weighted by Crippen LogP contribution is -2.36. The molecule has 30 heavy (non-hydrogen) atoms. The van der Waals surface area contributed by atoms with E-state index in [0.717, 1.165) is 0 Å². The standard InChI is InChI=1S/C17H23N5O7S/c1-10(2)9-28-30(25,26)14-8-21(20-19-14)7-12-11(3)15(27-4)16(29-12)22-6-5-13(23)18-17(22)24/h5-6,8,10,15-16H,7,9H2,1-4H3,(H,18,23,24)/t15?,16-/m1/s1. The second-order valence-electron chi connectivity index (χ2n) is 7.18. The largest absolute Gasteiger partial charge is 0.469 e. The van der Waals surface area contributed by atoms with E-state index in [9.17, 15) is 18.0 Å². The van der Waals surface area contributed by atoms with E-state index in [1.807, 2.05) is 13.8 Å². The molecule has 12 nitrogen and oxygen atoms in total. The minimum Gasteiger partial charge on any atom is -0.469 e. The van der Waals surface area contributed by atoms with E-state index in [0.29, 0.717) is 11.3 Å². The van der Waals surface area contributed by atoms with Crippen molar-refractivity contribution in [3.63, 3.8) is 0 Å². The van der Waals surface area contributed by atoms with E-state index >= 15 is 0 Å². The molecule has 1 aliphatic rings. The van der Waals surface area contributed by atoms with Crippen LogP contribution in [-0.2, 0) is 30.3 Å². The number of nitrogens with zero attached hydrogens (tertiary/aromatic N) is 4. The monoisotopic (exact) mass is 441 g/mol. The predicted molar refractivity (Wildman–Crippen MR) is 103 cm³/mol. The maximum absolute atomic E-state index is 12.2. The first-order chi connectivity index (χ1) is 14.1. The highest BCUT2D eigenvalue weighted by molar-refractivity contribution is 7.86. The summed E-state index contributed by atoms with van der Waals surface area (Å²) in [6.45, 7) is 5.52. The van der Waals surface area contributed by atoms with Crippen LogP contribution in [0.5, 0.6) is 0 Å². The lowest BCUT2D eigenvalue weighted by atomic mass is 10.1. The quantitative estimate of drug-likeness (QED) is 0.559. The van der Waals surface area contributed by atoms with Gasteiger partial charge in [-0.1, -0.05) is 19.1 Å². The van der Waals surface area contributed by atoms with Crippen LogP contribution in [0.2, 0.25) is 0 Å². The maximum atomic E-state index is 12.2. The van der Waals surface area contributed by atoms with Gasteiger partial charge in [-0.3, -0.25) is 18.5 Å². The third kappa shape index (κ3) is 4.52. The van der Waals surface area contributed by atoms with E-state index < -0.39 is 33.7 Å². The summed E-state index contributed by atoms with van der Waals surface area (Å²) in [5.41, 5.74) is -0.472. The Morgan fingerprint density at radius 3 is 2.70 bits per heavy atom. The van der Waals surface area contributed by atoms with Crippen LogP contribution in [0.1, 0.15) is 27.0 Å². The fourth-order valence-corrected chi connectivity index (χ4v) is 3.82. The summed E-state index contributed by atoms with van der Waals surface area (Å²) in [6, 6.07) is 1.20. The van der Waals surface area contributed by atoms with Gasteiger partial charge in [0.1, 0.15) is 18.4 Å². The Morgan fingerprint density at radius 1 is 1.33 bits per heavy atom. The van der Waals surface area contributed by atoms with E-state index in [1.165, 1.54) is 34.8 Å². The second-order valence-corrected chi connectivity index (χ2v) is 8.74. The molecule has 0 aliphatic carbocycles. The van der Waals surface area contributed by atoms with Crippen molar-refractivity contribution in [1.82, 2.24) is 24.5 Å². The van der Waals surface area contributed by atoms with Gasteiger partial charge in [0.2, 0.25) is 11.3 Å². The van der Waals surface area contributed by atoms with Gasteiger partial charge < -0.3 is 9.47 Å². The summed E-state index contributed by atoms with van der Waals surface area (Å²) in [5.74, 6) is 0.468. The number of hydrogen-bond acceptors (Lipinski definition) is 9. The molecule has 0 radical (unpaired) electrons. The van der Waals surface area contributed by atoms with Crippen molar-refractivity contribution >= 4 is 10.1 Å². The highest BCUT2D eigenvalue weighted by Crippen LogP contribution is 2.34. The van der Waals surface area contributed by atoms with E-state index in [-0.39, 0.29) is 24.1 Å². The van der Waals surface area contributed by atoms with Crippen molar-refractivity contribution in [3.8, 4) is 0 Å². The predicted octanol–water partition coefficient (Wildman–Crippen LogP) is 0.00740. The van der Waals surface area contributed by atoms with Crippen LogP contribution >= 0.6 is 0 Å². The molecule has 2 aromatic heterocycles. The van der Waals surface area contributed by atoms with E-state index in [2.05, 4.69) is 15.3 Å². The Hall–Kier alpha value is -2.77. The first-order valence-electron chi connectivity index (χ1n) is 9.12. The van der Waals surface area contributed by atoms with Crippen LogP contribution in [0, 0.1) is 5.92 Å². The summed E-state index contributed by atoms with van der Waals surface area (Å²) in [7, 11) is -2.55. The molecule has 13 heteroatoms. The third-order valence-electron chi connectivity index (χ3n) is 4.40. The average molecular weight is 441 g/mol. The van der Waals surface area contributed by atoms with Crippen molar-refractivity contribution < 1.29 is 22.1 Å². The number of allylic oxidation sites excluding steroid dienone is 1. The SMILES string of the molecule is COC1C(C)=C(Cn2cc(S(=O)(=O)OCC(C)C)nn2)O[C@H]1n1ccc(=O)[nH]c1=O. The number of methoxy groups -OCH3 is 1. The van der Waals surface area contributed by atoms with E-state index in [4.69, 9.17) is 13.7 Å². The zero-order valence-corrected chi connectivity index (χ0v) is 17.7.